The molecular formula is C24H26ClN3O5S. The van der Waals surface area contributed by atoms with Gasteiger partial charge in [0.25, 0.3) is 5.91 Å². The maximum absolute atomic E-state index is 13.2. The van der Waals surface area contributed by atoms with Crippen LogP contribution in [0.5, 0.6) is 0 Å². The van der Waals surface area contributed by atoms with Crippen LogP contribution in [0.1, 0.15) is 71.1 Å². The van der Waals surface area contributed by atoms with E-state index in [1.54, 1.807) is 6.07 Å². The number of hydrogen-bond acceptors (Lipinski definition) is 7. The molecule has 2 heterocycles. The zero-order chi connectivity index (χ0) is 24.8. The molecule has 1 fully saturated rings. The van der Waals surface area contributed by atoms with Gasteiger partial charge in [0.1, 0.15) is 16.5 Å². The van der Waals surface area contributed by atoms with E-state index in [1.807, 2.05) is 37.6 Å². The zero-order valence-electron chi connectivity index (χ0n) is 19.4. The molecule has 1 aromatic carbocycles. The highest BCUT2D eigenvalue weighted by molar-refractivity contribution is 7.89. The van der Waals surface area contributed by atoms with Crippen LogP contribution in [0, 0.1) is 13.8 Å². The number of rotatable bonds is 6. The van der Waals surface area contributed by atoms with E-state index < -0.39 is 22.0 Å². The number of halogens is 1. The van der Waals surface area contributed by atoms with E-state index >= 15 is 0 Å². The molecule has 1 aliphatic rings. The number of nitrogens with zero attached hydrogens (tertiary/aromatic N) is 1. The number of anilines is 1. The van der Waals surface area contributed by atoms with Crippen LogP contribution in [0.15, 0.2) is 33.5 Å². The van der Waals surface area contributed by atoms with Gasteiger partial charge in [-0.3, -0.25) is 9.59 Å². The Morgan fingerprint density at radius 3 is 2.56 bits per heavy atom. The number of benzene rings is 1. The Hall–Kier alpha value is -2.91. The van der Waals surface area contributed by atoms with Gasteiger partial charge in [-0.15, -0.1) is 0 Å². The Kier molecular flexibility index (Phi) is 6.44. The molecule has 1 saturated carbocycles. The molecule has 0 radical (unpaired) electrons. The normalized spacial score (nSPS) is 15.1. The number of hydrogen-bond donors (Lipinski definition) is 2. The van der Waals surface area contributed by atoms with Gasteiger partial charge in [0, 0.05) is 17.0 Å². The number of sulfonamides is 1. The van der Waals surface area contributed by atoms with E-state index in [0.29, 0.717) is 22.2 Å². The second kappa shape index (κ2) is 9.03. The molecule has 2 aromatic heterocycles. The fraction of sp³-hybridized carbons (Fsp3) is 0.375. The van der Waals surface area contributed by atoms with Gasteiger partial charge in [-0.2, -0.15) is 0 Å². The van der Waals surface area contributed by atoms with E-state index in [9.17, 15) is 18.0 Å². The van der Waals surface area contributed by atoms with Crippen molar-refractivity contribution in [3.63, 3.8) is 0 Å². The minimum absolute atomic E-state index is 0.0401. The summed E-state index contributed by atoms with van der Waals surface area (Å²) in [7, 11) is -3.80. The second-order valence-corrected chi connectivity index (χ2v) is 11.0. The highest BCUT2D eigenvalue weighted by Crippen LogP contribution is 2.39. The van der Waals surface area contributed by atoms with Crippen molar-refractivity contribution in [3.8, 4) is 0 Å². The molecule has 0 saturated heterocycles. The van der Waals surface area contributed by atoms with Crippen molar-refractivity contribution in [2.24, 2.45) is 0 Å². The standard InChI is InChI=1S/C24H26ClN3O5S/c1-12-10-16(23-17(11-12)21(29)13(2)22(33-23)15-6-5-7-15)14(3)26-18-8-9-19(25)27-20(18)24(30)28-34(4,31)32/h8-11,14-15,26H,5-7H2,1-4H3,(H,28,30)/t14-/m1/s1. The van der Waals surface area contributed by atoms with Crippen LogP contribution >= 0.6 is 11.6 Å². The lowest BCUT2D eigenvalue weighted by atomic mass is 9.81. The van der Waals surface area contributed by atoms with Crippen molar-refractivity contribution in [3.05, 3.63) is 67.8 Å². The Morgan fingerprint density at radius 1 is 1.24 bits per heavy atom. The van der Waals surface area contributed by atoms with Crippen LogP contribution in [0.2, 0.25) is 5.15 Å². The number of pyridine rings is 1. The molecule has 180 valence electrons. The summed E-state index contributed by atoms with van der Waals surface area (Å²) in [6.07, 6.45) is 4.00. The van der Waals surface area contributed by atoms with E-state index in [2.05, 4.69) is 10.3 Å². The average Bonchev–Trinajstić information content (AvgIpc) is 2.70. The minimum atomic E-state index is -3.80. The van der Waals surface area contributed by atoms with Gasteiger partial charge in [0.15, 0.2) is 11.1 Å². The summed E-state index contributed by atoms with van der Waals surface area (Å²) in [4.78, 5) is 29.7. The summed E-state index contributed by atoms with van der Waals surface area (Å²) in [5.41, 5.74) is 2.89. The molecule has 34 heavy (non-hydrogen) atoms. The minimum Gasteiger partial charge on any atom is -0.460 e. The second-order valence-electron chi connectivity index (χ2n) is 8.88. The monoisotopic (exact) mass is 503 g/mol. The van der Waals surface area contributed by atoms with Crippen molar-refractivity contribution < 1.29 is 17.6 Å². The largest absolute Gasteiger partial charge is 0.460 e. The van der Waals surface area contributed by atoms with Crippen molar-refractivity contribution in [2.75, 3.05) is 11.6 Å². The van der Waals surface area contributed by atoms with Gasteiger partial charge < -0.3 is 9.73 Å². The summed E-state index contributed by atoms with van der Waals surface area (Å²) in [5.74, 6) is 0.0898. The first kappa shape index (κ1) is 24.2. The predicted molar refractivity (Wildman–Crippen MR) is 132 cm³/mol. The highest BCUT2D eigenvalue weighted by atomic mass is 35.5. The fourth-order valence-electron chi connectivity index (χ4n) is 4.22. The molecule has 1 atom stereocenters. The Morgan fingerprint density at radius 2 is 1.94 bits per heavy atom. The molecule has 8 nitrogen and oxygen atoms in total. The quantitative estimate of drug-likeness (QED) is 0.472. The third-order valence-electron chi connectivity index (χ3n) is 6.10. The number of fused-ring (bicyclic) bond motifs is 1. The molecule has 1 aliphatic carbocycles. The molecule has 0 spiro atoms. The molecule has 0 unspecified atom stereocenters. The number of carbonyl (C=O) groups is 1. The van der Waals surface area contributed by atoms with Gasteiger partial charge in [-0.05, 0) is 57.4 Å². The molecule has 0 bridgehead atoms. The van der Waals surface area contributed by atoms with Gasteiger partial charge in [0.05, 0.1) is 23.4 Å². The van der Waals surface area contributed by atoms with E-state index in [1.165, 1.54) is 6.07 Å². The fourth-order valence-corrected chi connectivity index (χ4v) is 4.80. The smallest absolute Gasteiger partial charge is 0.285 e. The highest BCUT2D eigenvalue weighted by Gasteiger charge is 2.27. The first-order valence-corrected chi connectivity index (χ1v) is 13.2. The number of carbonyl (C=O) groups excluding carboxylic acids is 1. The average molecular weight is 504 g/mol. The van der Waals surface area contributed by atoms with Crippen LogP contribution < -0.4 is 15.5 Å². The molecule has 3 aromatic rings. The summed E-state index contributed by atoms with van der Waals surface area (Å²) in [6, 6.07) is 6.41. The Labute approximate surface area is 202 Å². The lowest BCUT2D eigenvalue weighted by Crippen LogP contribution is -2.31. The van der Waals surface area contributed by atoms with E-state index in [4.69, 9.17) is 16.0 Å². The maximum atomic E-state index is 13.2. The van der Waals surface area contributed by atoms with E-state index in [0.717, 1.165) is 42.4 Å². The molecule has 0 aliphatic heterocycles. The molecule has 4 rings (SSSR count). The first-order valence-electron chi connectivity index (χ1n) is 11.0. The van der Waals surface area contributed by atoms with Gasteiger partial charge in [-0.25, -0.2) is 18.1 Å². The lowest BCUT2D eigenvalue weighted by molar-refractivity contribution is 0.0977. The summed E-state index contributed by atoms with van der Waals surface area (Å²) >= 11 is 5.97. The maximum Gasteiger partial charge on any atom is 0.285 e. The van der Waals surface area contributed by atoms with Gasteiger partial charge >= 0.3 is 0 Å². The van der Waals surface area contributed by atoms with E-state index in [-0.39, 0.29) is 22.2 Å². The Bertz CT molecular complexity index is 1460. The van der Waals surface area contributed by atoms with Crippen molar-refractivity contribution >= 4 is 44.2 Å². The molecule has 1 amide bonds. The Balaban J connectivity index is 1.79. The van der Waals surface area contributed by atoms with Crippen molar-refractivity contribution in [2.45, 2.75) is 52.0 Å². The lowest BCUT2D eigenvalue weighted by Gasteiger charge is -2.26. The summed E-state index contributed by atoms with van der Waals surface area (Å²) in [5, 5.41) is 3.77. The molecule has 2 N–H and O–H groups in total. The van der Waals surface area contributed by atoms with Crippen LogP contribution in [0.25, 0.3) is 11.0 Å². The van der Waals surface area contributed by atoms with Crippen LogP contribution in [0.3, 0.4) is 0 Å². The molecule has 10 heteroatoms. The van der Waals surface area contributed by atoms with Crippen molar-refractivity contribution in [1.29, 1.82) is 0 Å². The van der Waals surface area contributed by atoms with Gasteiger partial charge in [-0.1, -0.05) is 24.1 Å². The first-order chi connectivity index (χ1) is 15.9. The topological polar surface area (TPSA) is 118 Å². The third kappa shape index (κ3) is 4.81. The molecular weight excluding hydrogens is 478 g/mol. The number of nitrogens with one attached hydrogen (secondary N) is 2. The SMILES string of the molecule is Cc1cc([C@@H](C)Nc2ccc(Cl)nc2C(=O)NS(C)(=O)=O)c2oc(C3CCC3)c(C)c(=O)c2c1. The number of aromatic nitrogens is 1. The van der Waals surface area contributed by atoms with Crippen LogP contribution in [-0.4, -0.2) is 25.6 Å². The summed E-state index contributed by atoms with van der Waals surface area (Å²) < 4.78 is 31.4. The zero-order valence-corrected chi connectivity index (χ0v) is 20.9. The number of aryl methyl sites for hydroxylation is 1. The van der Waals surface area contributed by atoms with Crippen LogP contribution in [0.4, 0.5) is 5.69 Å². The van der Waals surface area contributed by atoms with Crippen LogP contribution in [-0.2, 0) is 10.0 Å². The summed E-state index contributed by atoms with van der Waals surface area (Å²) in [6.45, 7) is 5.58. The van der Waals surface area contributed by atoms with Gasteiger partial charge in [0.2, 0.25) is 10.0 Å². The third-order valence-corrected chi connectivity index (χ3v) is 6.86. The van der Waals surface area contributed by atoms with Crippen molar-refractivity contribution in [1.82, 2.24) is 9.71 Å². The predicted octanol–water partition coefficient (Wildman–Crippen LogP) is 4.59. The number of amides is 1.